The molecule has 0 radical (unpaired) electrons. The van der Waals surface area contributed by atoms with E-state index in [4.69, 9.17) is 23.8 Å². The van der Waals surface area contributed by atoms with E-state index in [1.165, 1.54) is 34.9 Å². The Morgan fingerprint density at radius 3 is 2.70 bits per heavy atom. The maximum absolute atomic E-state index is 13.3. The summed E-state index contributed by atoms with van der Waals surface area (Å²) in [7, 11) is 0. The predicted molar refractivity (Wildman–Crippen MR) is 98.2 cm³/mol. The molecule has 1 amide bonds. The van der Waals surface area contributed by atoms with Crippen LogP contribution in [0, 0.1) is 12.7 Å². The molecule has 0 atom stereocenters. The summed E-state index contributed by atoms with van der Waals surface area (Å²) in [4.78, 5) is 14.5. The van der Waals surface area contributed by atoms with Crippen LogP contribution in [-0.2, 0) is 4.79 Å². The van der Waals surface area contributed by atoms with Gasteiger partial charge in [-0.15, -0.1) is 0 Å². The van der Waals surface area contributed by atoms with E-state index in [2.05, 4.69) is 0 Å². The van der Waals surface area contributed by atoms with Crippen LogP contribution in [-0.4, -0.2) is 10.2 Å². The third-order valence-corrected chi connectivity index (χ3v) is 5.02. The fourth-order valence-corrected chi connectivity index (χ4v) is 3.67. The Morgan fingerprint density at radius 2 is 2.00 bits per heavy atom. The molecule has 0 bridgehead atoms. The second-order valence-electron chi connectivity index (χ2n) is 4.97. The molecule has 23 heavy (non-hydrogen) atoms. The zero-order valence-electron chi connectivity index (χ0n) is 12.0. The minimum absolute atomic E-state index is 0.0422. The number of carbonyl (C=O) groups excluding carboxylic acids is 1. The van der Waals surface area contributed by atoms with Gasteiger partial charge in [-0.1, -0.05) is 59.8 Å². The molecule has 1 fully saturated rings. The topological polar surface area (TPSA) is 20.3 Å². The molecule has 1 saturated heterocycles. The molecule has 2 aromatic carbocycles. The van der Waals surface area contributed by atoms with E-state index in [9.17, 15) is 9.18 Å². The Labute approximate surface area is 147 Å². The van der Waals surface area contributed by atoms with Crippen molar-refractivity contribution < 1.29 is 9.18 Å². The fraction of sp³-hybridized carbons (Fsp3) is 0.0588. The van der Waals surface area contributed by atoms with Crippen molar-refractivity contribution in [2.75, 3.05) is 4.90 Å². The standard InChI is InChI=1S/C17H11ClFNOS2/c1-10-4-2-3-5-11(10)8-15-16(21)20(17(22)23-15)12-6-7-14(19)13(18)9-12/h2-9H,1H3/b15-8+. The number of thiocarbonyl (C=S) groups is 1. The van der Waals surface area contributed by atoms with Gasteiger partial charge < -0.3 is 0 Å². The Hall–Kier alpha value is -1.69. The number of carbonyl (C=O) groups is 1. The molecule has 0 saturated carbocycles. The molecule has 0 aromatic heterocycles. The molecular formula is C17H11ClFNOS2. The fourth-order valence-electron chi connectivity index (χ4n) is 2.20. The van der Waals surface area contributed by atoms with Crippen molar-refractivity contribution >= 4 is 57.6 Å². The van der Waals surface area contributed by atoms with Gasteiger partial charge in [0.2, 0.25) is 0 Å². The summed E-state index contributed by atoms with van der Waals surface area (Å²) in [5, 5.41) is -0.0422. The maximum Gasteiger partial charge on any atom is 0.270 e. The zero-order chi connectivity index (χ0) is 16.6. The molecule has 3 rings (SSSR count). The molecule has 0 aliphatic carbocycles. The number of benzene rings is 2. The lowest BCUT2D eigenvalue weighted by Gasteiger charge is -2.14. The number of anilines is 1. The summed E-state index contributed by atoms with van der Waals surface area (Å²) >= 11 is 12.3. The van der Waals surface area contributed by atoms with Crippen molar-refractivity contribution in [3.05, 3.63) is 69.3 Å². The average Bonchev–Trinajstić information content (AvgIpc) is 2.79. The van der Waals surface area contributed by atoms with E-state index >= 15 is 0 Å². The van der Waals surface area contributed by atoms with Gasteiger partial charge in [-0.2, -0.15) is 0 Å². The van der Waals surface area contributed by atoms with Crippen LogP contribution >= 0.6 is 35.6 Å². The minimum atomic E-state index is -0.531. The first kappa shape index (κ1) is 16.2. The van der Waals surface area contributed by atoms with Crippen LogP contribution in [0.3, 0.4) is 0 Å². The molecule has 0 spiro atoms. The first-order valence-electron chi connectivity index (χ1n) is 6.76. The predicted octanol–water partition coefficient (Wildman–Crippen LogP) is 5.19. The number of hydrogen-bond acceptors (Lipinski definition) is 3. The van der Waals surface area contributed by atoms with Gasteiger partial charge >= 0.3 is 0 Å². The van der Waals surface area contributed by atoms with Crippen molar-refractivity contribution in [3.63, 3.8) is 0 Å². The number of thioether (sulfide) groups is 1. The van der Waals surface area contributed by atoms with Crippen LogP contribution in [0.15, 0.2) is 47.4 Å². The van der Waals surface area contributed by atoms with E-state index in [-0.39, 0.29) is 10.9 Å². The highest BCUT2D eigenvalue weighted by Gasteiger charge is 2.33. The highest BCUT2D eigenvalue weighted by Crippen LogP contribution is 2.37. The van der Waals surface area contributed by atoms with E-state index in [1.807, 2.05) is 37.3 Å². The van der Waals surface area contributed by atoms with Crippen molar-refractivity contribution in [2.45, 2.75) is 6.92 Å². The number of hydrogen-bond donors (Lipinski definition) is 0. The lowest BCUT2D eigenvalue weighted by molar-refractivity contribution is -0.113. The van der Waals surface area contributed by atoms with Crippen LogP contribution < -0.4 is 4.90 Å². The Bertz CT molecular complexity index is 850. The summed E-state index contributed by atoms with van der Waals surface area (Å²) < 4.78 is 13.7. The molecule has 2 aromatic rings. The van der Waals surface area contributed by atoms with Crippen LogP contribution in [0.1, 0.15) is 11.1 Å². The normalized spacial score (nSPS) is 16.5. The highest BCUT2D eigenvalue weighted by molar-refractivity contribution is 8.27. The summed E-state index contributed by atoms with van der Waals surface area (Å²) in [6, 6.07) is 11.9. The van der Waals surface area contributed by atoms with Gasteiger partial charge in [0.15, 0.2) is 4.32 Å². The molecule has 1 aliphatic heterocycles. The second kappa shape index (κ2) is 6.43. The van der Waals surface area contributed by atoms with Gasteiger partial charge in [0.25, 0.3) is 5.91 Å². The molecule has 0 N–H and O–H groups in total. The van der Waals surface area contributed by atoms with Gasteiger partial charge in [0.1, 0.15) is 5.82 Å². The molecular weight excluding hydrogens is 353 g/mol. The van der Waals surface area contributed by atoms with Crippen molar-refractivity contribution in [3.8, 4) is 0 Å². The zero-order valence-corrected chi connectivity index (χ0v) is 14.4. The van der Waals surface area contributed by atoms with Gasteiger partial charge in [-0.25, -0.2) is 4.39 Å². The third-order valence-electron chi connectivity index (χ3n) is 3.43. The third kappa shape index (κ3) is 3.17. The van der Waals surface area contributed by atoms with Gasteiger partial charge in [0.05, 0.1) is 15.6 Å². The Morgan fingerprint density at radius 1 is 1.26 bits per heavy atom. The number of halogens is 2. The van der Waals surface area contributed by atoms with E-state index in [1.54, 1.807) is 0 Å². The van der Waals surface area contributed by atoms with Gasteiger partial charge in [0, 0.05) is 0 Å². The summed E-state index contributed by atoms with van der Waals surface area (Å²) in [5.74, 6) is -0.762. The monoisotopic (exact) mass is 363 g/mol. The number of aryl methyl sites for hydroxylation is 1. The average molecular weight is 364 g/mol. The summed E-state index contributed by atoms with van der Waals surface area (Å²) in [6.45, 7) is 1.98. The first-order valence-corrected chi connectivity index (χ1v) is 8.36. The lowest BCUT2D eigenvalue weighted by atomic mass is 10.1. The Kier molecular flexibility index (Phi) is 4.53. The van der Waals surface area contributed by atoms with Crippen LogP contribution in [0.2, 0.25) is 5.02 Å². The molecule has 0 unspecified atom stereocenters. The SMILES string of the molecule is Cc1ccccc1/C=C1/SC(=S)N(c2ccc(F)c(Cl)c2)C1=O. The lowest BCUT2D eigenvalue weighted by Crippen LogP contribution is -2.27. The smallest absolute Gasteiger partial charge is 0.268 e. The van der Waals surface area contributed by atoms with Gasteiger partial charge in [-0.05, 0) is 42.3 Å². The molecule has 116 valence electrons. The van der Waals surface area contributed by atoms with Crippen LogP contribution in [0.4, 0.5) is 10.1 Å². The molecule has 2 nitrogen and oxygen atoms in total. The first-order chi connectivity index (χ1) is 11.0. The van der Waals surface area contributed by atoms with Crippen LogP contribution in [0.25, 0.3) is 6.08 Å². The summed E-state index contributed by atoms with van der Waals surface area (Å²) in [5.41, 5.74) is 2.50. The second-order valence-corrected chi connectivity index (χ2v) is 7.06. The summed E-state index contributed by atoms with van der Waals surface area (Å²) in [6.07, 6.45) is 1.82. The van der Waals surface area contributed by atoms with E-state index in [0.29, 0.717) is 14.9 Å². The maximum atomic E-state index is 13.3. The van der Waals surface area contributed by atoms with Crippen molar-refractivity contribution in [2.24, 2.45) is 0 Å². The van der Waals surface area contributed by atoms with E-state index in [0.717, 1.165) is 11.1 Å². The molecule has 1 aliphatic rings. The van der Waals surface area contributed by atoms with Gasteiger partial charge in [-0.3, -0.25) is 9.69 Å². The number of amides is 1. The van der Waals surface area contributed by atoms with E-state index < -0.39 is 5.82 Å². The van der Waals surface area contributed by atoms with Crippen molar-refractivity contribution in [1.29, 1.82) is 0 Å². The molecule has 6 heteroatoms. The number of nitrogens with zero attached hydrogens (tertiary/aromatic N) is 1. The largest absolute Gasteiger partial charge is 0.270 e. The highest BCUT2D eigenvalue weighted by atomic mass is 35.5. The number of rotatable bonds is 2. The minimum Gasteiger partial charge on any atom is -0.268 e. The van der Waals surface area contributed by atoms with Crippen LogP contribution in [0.5, 0.6) is 0 Å². The van der Waals surface area contributed by atoms with Crippen molar-refractivity contribution in [1.82, 2.24) is 0 Å². The molecule has 1 heterocycles. The quantitative estimate of drug-likeness (QED) is 0.540. The Balaban J connectivity index is 1.97.